The summed E-state index contributed by atoms with van der Waals surface area (Å²) in [5.74, 6) is -0.818. The van der Waals surface area contributed by atoms with Gasteiger partial charge in [0.25, 0.3) is 0 Å². The fourth-order valence-electron chi connectivity index (χ4n) is 2.18. The van der Waals surface area contributed by atoms with Crippen LogP contribution >= 0.6 is 11.3 Å². The number of hydrogen-bond donors (Lipinski definition) is 1. The normalized spacial score (nSPS) is 10.8. The minimum Gasteiger partial charge on any atom is -0.481 e. The van der Waals surface area contributed by atoms with E-state index in [9.17, 15) is 4.79 Å². The molecule has 0 atom stereocenters. The number of aromatic nitrogens is 1. The van der Waals surface area contributed by atoms with Crippen molar-refractivity contribution in [1.82, 2.24) is 4.98 Å². The van der Waals surface area contributed by atoms with E-state index in [1.54, 1.807) is 0 Å². The molecule has 0 fully saturated rings. The van der Waals surface area contributed by atoms with Crippen LogP contribution in [0.25, 0.3) is 21.3 Å². The van der Waals surface area contributed by atoms with E-state index in [-0.39, 0.29) is 6.42 Å². The predicted molar refractivity (Wildman–Crippen MR) is 81.1 cm³/mol. The number of aryl methyl sites for hydroxylation is 1. The molecule has 0 radical (unpaired) electrons. The van der Waals surface area contributed by atoms with Gasteiger partial charge >= 0.3 is 5.97 Å². The van der Waals surface area contributed by atoms with E-state index in [4.69, 9.17) is 5.11 Å². The van der Waals surface area contributed by atoms with E-state index in [0.29, 0.717) is 0 Å². The molecule has 1 heterocycles. The summed E-state index contributed by atoms with van der Waals surface area (Å²) in [4.78, 5) is 16.1. The minimum atomic E-state index is -0.818. The van der Waals surface area contributed by atoms with Gasteiger partial charge in [0.2, 0.25) is 0 Å². The number of fused-ring (bicyclic) bond motifs is 1. The SMILES string of the molecule is Cc1nc(-c2ccc3ccccc3c2)sc1CC(=O)O. The topological polar surface area (TPSA) is 50.2 Å². The van der Waals surface area contributed by atoms with Gasteiger partial charge in [-0.15, -0.1) is 11.3 Å². The second kappa shape index (κ2) is 5.06. The molecule has 0 saturated heterocycles. The van der Waals surface area contributed by atoms with Crippen LogP contribution in [0.15, 0.2) is 42.5 Å². The quantitative estimate of drug-likeness (QED) is 0.793. The molecule has 0 unspecified atom stereocenters. The van der Waals surface area contributed by atoms with Crippen LogP contribution in [0.4, 0.5) is 0 Å². The maximum absolute atomic E-state index is 10.8. The lowest BCUT2D eigenvalue weighted by Crippen LogP contribution is -1.99. The van der Waals surface area contributed by atoms with Crippen molar-refractivity contribution >= 4 is 28.1 Å². The zero-order valence-electron chi connectivity index (χ0n) is 11.0. The first-order valence-corrected chi connectivity index (χ1v) is 7.12. The van der Waals surface area contributed by atoms with Gasteiger partial charge in [0.05, 0.1) is 12.1 Å². The van der Waals surface area contributed by atoms with E-state index in [2.05, 4.69) is 29.2 Å². The highest BCUT2D eigenvalue weighted by Crippen LogP contribution is 2.30. The highest BCUT2D eigenvalue weighted by Gasteiger charge is 2.12. The monoisotopic (exact) mass is 283 g/mol. The largest absolute Gasteiger partial charge is 0.481 e. The summed E-state index contributed by atoms with van der Waals surface area (Å²) >= 11 is 1.46. The lowest BCUT2D eigenvalue weighted by molar-refractivity contribution is -0.136. The Kier molecular flexibility index (Phi) is 3.24. The molecule has 3 rings (SSSR count). The zero-order valence-corrected chi connectivity index (χ0v) is 11.8. The molecule has 0 bridgehead atoms. The Bertz CT molecular complexity index is 792. The number of aliphatic carboxylic acids is 1. The number of carboxylic acids is 1. The third-order valence-corrected chi connectivity index (χ3v) is 4.41. The third-order valence-electron chi connectivity index (χ3n) is 3.20. The van der Waals surface area contributed by atoms with E-state index >= 15 is 0 Å². The van der Waals surface area contributed by atoms with Crippen LogP contribution in [0.3, 0.4) is 0 Å². The lowest BCUT2D eigenvalue weighted by Gasteiger charge is -2.00. The standard InChI is InChI=1S/C16H13NO2S/c1-10-14(9-15(18)19)20-16(17-10)13-7-6-11-4-2-3-5-12(11)8-13/h2-8H,9H2,1H3,(H,18,19). The molecule has 100 valence electrons. The van der Waals surface area contributed by atoms with Crippen LogP contribution in [0.2, 0.25) is 0 Å². The lowest BCUT2D eigenvalue weighted by atomic mass is 10.1. The Hall–Kier alpha value is -2.20. The van der Waals surface area contributed by atoms with Gasteiger partial charge in [0, 0.05) is 10.4 Å². The Morgan fingerprint density at radius 1 is 1.20 bits per heavy atom. The van der Waals surface area contributed by atoms with Gasteiger partial charge in [-0.2, -0.15) is 0 Å². The molecule has 3 nitrogen and oxygen atoms in total. The number of benzene rings is 2. The van der Waals surface area contributed by atoms with Crippen LogP contribution in [-0.4, -0.2) is 16.1 Å². The molecular formula is C16H13NO2S. The van der Waals surface area contributed by atoms with E-state index < -0.39 is 5.97 Å². The van der Waals surface area contributed by atoms with Gasteiger partial charge in [0.1, 0.15) is 5.01 Å². The maximum atomic E-state index is 10.8. The molecule has 0 spiro atoms. The van der Waals surface area contributed by atoms with Crippen molar-refractivity contribution in [3.63, 3.8) is 0 Å². The summed E-state index contributed by atoms with van der Waals surface area (Å²) in [5, 5.41) is 12.1. The van der Waals surface area contributed by atoms with Crippen LogP contribution in [0, 0.1) is 6.92 Å². The molecule has 0 saturated carbocycles. The maximum Gasteiger partial charge on any atom is 0.308 e. The van der Waals surface area contributed by atoms with Crippen molar-refractivity contribution in [2.75, 3.05) is 0 Å². The number of thiazole rings is 1. The highest BCUT2D eigenvalue weighted by molar-refractivity contribution is 7.15. The predicted octanol–water partition coefficient (Wildman–Crippen LogP) is 3.90. The van der Waals surface area contributed by atoms with Crippen LogP contribution < -0.4 is 0 Å². The summed E-state index contributed by atoms with van der Waals surface area (Å²) in [6.45, 7) is 1.86. The molecule has 4 heteroatoms. The van der Waals surface area contributed by atoms with Crippen LogP contribution in [-0.2, 0) is 11.2 Å². The minimum absolute atomic E-state index is 0.0388. The number of nitrogens with zero attached hydrogens (tertiary/aromatic N) is 1. The Morgan fingerprint density at radius 2 is 1.95 bits per heavy atom. The molecule has 1 aromatic heterocycles. The summed E-state index contributed by atoms with van der Waals surface area (Å²) in [6.07, 6.45) is 0.0388. The van der Waals surface area contributed by atoms with Crippen molar-refractivity contribution in [1.29, 1.82) is 0 Å². The number of rotatable bonds is 3. The van der Waals surface area contributed by atoms with Crippen molar-refractivity contribution in [2.45, 2.75) is 13.3 Å². The smallest absolute Gasteiger partial charge is 0.308 e. The van der Waals surface area contributed by atoms with Gasteiger partial charge in [-0.05, 0) is 23.8 Å². The van der Waals surface area contributed by atoms with Gasteiger partial charge in [-0.25, -0.2) is 4.98 Å². The summed E-state index contributed by atoms with van der Waals surface area (Å²) in [5.41, 5.74) is 1.84. The molecule has 0 aliphatic carbocycles. The van der Waals surface area contributed by atoms with Gasteiger partial charge in [-0.3, -0.25) is 4.79 Å². The van der Waals surface area contributed by atoms with Crippen molar-refractivity contribution < 1.29 is 9.90 Å². The molecule has 0 aliphatic rings. The zero-order chi connectivity index (χ0) is 14.1. The molecule has 0 aliphatic heterocycles. The van der Waals surface area contributed by atoms with E-state index in [1.807, 2.05) is 25.1 Å². The Morgan fingerprint density at radius 3 is 2.70 bits per heavy atom. The molecular weight excluding hydrogens is 270 g/mol. The van der Waals surface area contributed by atoms with Gasteiger partial charge < -0.3 is 5.11 Å². The Labute approximate surface area is 120 Å². The molecule has 2 aromatic carbocycles. The molecule has 0 amide bonds. The van der Waals surface area contributed by atoms with Crippen molar-refractivity contribution in [3.05, 3.63) is 53.0 Å². The average Bonchev–Trinajstić information content (AvgIpc) is 2.79. The Balaban J connectivity index is 2.04. The fourth-order valence-corrected chi connectivity index (χ4v) is 3.22. The summed E-state index contributed by atoms with van der Waals surface area (Å²) in [7, 11) is 0. The van der Waals surface area contributed by atoms with Crippen LogP contribution in [0.5, 0.6) is 0 Å². The van der Waals surface area contributed by atoms with Crippen molar-refractivity contribution in [2.24, 2.45) is 0 Å². The highest BCUT2D eigenvalue weighted by atomic mass is 32.1. The van der Waals surface area contributed by atoms with E-state index in [0.717, 1.165) is 26.5 Å². The first-order valence-electron chi connectivity index (χ1n) is 6.31. The second-order valence-electron chi connectivity index (χ2n) is 4.66. The molecule has 20 heavy (non-hydrogen) atoms. The van der Waals surface area contributed by atoms with Gasteiger partial charge in [-0.1, -0.05) is 36.4 Å². The fraction of sp³-hybridized carbons (Fsp3) is 0.125. The van der Waals surface area contributed by atoms with Crippen LogP contribution in [0.1, 0.15) is 10.6 Å². The molecule has 1 N–H and O–H groups in total. The average molecular weight is 283 g/mol. The number of carboxylic acid groups (broad SMARTS) is 1. The summed E-state index contributed by atoms with van der Waals surface area (Å²) < 4.78 is 0. The number of carbonyl (C=O) groups is 1. The number of hydrogen-bond acceptors (Lipinski definition) is 3. The molecule has 3 aromatic rings. The third kappa shape index (κ3) is 2.42. The summed E-state index contributed by atoms with van der Waals surface area (Å²) in [6, 6.07) is 14.4. The first kappa shape index (κ1) is 12.8. The second-order valence-corrected chi connectivity index (χ2v) is 5.74. The van der Waals surface area contributed by atoms with Crippen molar-refractivity contribution in [3.8, 4) is 10.6 Å². The van der Waals surface area contributed by atoms with Gasteiger partial charge in [0.15, 0.2) is 0 Å². The van der Waals surface area contributed by atoms with E-state index in [1.165, 1.54) is 16.7 Å². The first-order chi connectivity index (χ1) is 9.63.